The van der Waals surface area contributed by atoms with Crippen LogP contribution >= 0.6 is 11.6 Å². The van der Waals surface area contributed by atoms with Crippen molar-refractivity contribution >= 4 is 23.4 Å². The molecule has 1 fully saturated rings. The summed E-state index contributed by atoms with van der Waals surface area (Å²) in [7, 11) is 1.61. The molecule has 0 bridgehead atoms. The minimum Gasteiger partial charge on any atom is -0.497 e. The molecule has 1 aliphatic heterocycles. The van der Waals surface area contributed by atoms with Crippen molar-refractivity contribution < 1.29 is 18.7 Å². The van der Waals surface area contributed by atoms with Crippen LogP contribution in [-0.2, 0) is 22.6 Å². The van der Waals surface area contributed by atoms with Crippen LogP contribution in [0.4, 0.5) is 4.39 Å². The minimum atomic E-state index is -0.434. The monoisotopic (exact) mass is 404 g/mol. The standard InChI is InChI=1S/C21H22ClFN2O3/c1-28-18-6-2-15(3-7-18)14-25-11-10-24(9-8-20(25)26)21(27)12-16-4-5-17(23)13-19(16)22/h2-7,13H,8-12,14H2,1H3. The predicted octanol–water partition coefficient (Wildman–Crippen LogP) is 3.29. The van der Waals surface area contributed by atoms with E-state index in [2.05, 4.69) is 0 Å². The SMILES string of the molecule is COc1ccc(CN2CCN(C(=O)Cc3ccc(F)cc3Cl)CCC2=O)cc1. The van der Waals surface area contributed by atoms with Gasteiger partial charge in [0.25, 0.3) is 0 Å². The number of carbonyl (C=O) groups is 2. The molecule has 1 saturated heterocycles. The number of hydrogen-bond acceptors (Lipinski definition) is 3. The van der Waals surface area contributed by atoms with Crippen molar-refractivity contribution in [2.24, 2.45) is 0 Å². The zero-order valence-corrected chi connectivity index (χ0v) is 16.4. The summed E-state index contributed by atoms with van der Waals surface area (Å²) in [5.41, 5.74) is 1.59. The highest BCUT2D eigenvalue weighted by molar-refractivity contribution is 6.31. The topological polar surface area (TPSA) is 49.9 Å². The van der Waals surface area contributed by atoms with Gasteiger partial charge in [0, 0.05) is 37.6 Å². The van der Waals surface area contributed by atoms with Crippen molar-refractivity contribution in [2.45, 2.75) is 19.4 Å². The van der Waals surface area contributed by atoms with Crippen molar-refractivity contribution in [3.8, 4) is 5.75 Å². The maximum Gasteiger partial charge on any atom is 0.227 e. The zero-order chi connectivity index (χ0) is 20.1. The van der Waals surface area contributed by atoms with Gasteiger partial charge in [-0.1, -0.05) is 29.8 Å². The quantitative estimate of drug-likeness (QED) is 0.768. The number of amides is 2. The van der Waals surface area contributed by atoms with Crippen molar-refractivity contribution in [2.75, 3.05) is 26.7 Å². The Labute approximate surface area is 168 Å². The molecule has 0 aromatic heterocycles. The highest BCUT2D eigenvalue weighted by Crippen LogP contribution is 2.19. The van der Waals surface area contributed by atoms with Crippen molar-refractivity contribution in [3.63, 3.8) is 0 Å². The first-order valence-electron chi connectivity index (χ1n) is 9.08. The molecule has 0 saturated carbocycles. The fraction of sp³-hybridized carbons (Fsp3) is 0.333. The lowest BCUT2D eigenvalue weighted by Gasteiger charge is -2.22. The van der Waals surface area contributed by atoms with E-state index in [9.17, 15) is 14.0 Å². The van der Waals surface area contributed by atoms with Crippen LogP contribution in [0.1, 0.15) is 17.5 Å². The van der Waals surface area contributed by atoms with Gasteiger partial charge in [0.15, 0.2) is 0 Å². The van der Waals surface area contributed by atoms with Crippen LogP contribution in [0, 0.1) is 5.82 Å². The van der Waals surface area contributed by atoms with Gasteiger partial charge in [-0.05, 0) is 35.4 Å². The maximum atomic E-state index is 13.2. The molecule has 0 radical (unpaired) electrons. The first kappa shape index (κ1) is 20.1. The summed E-state index contributed by atoms with van der Waals surface area (Å²) < 4.78 is 18.3. The Bertz CT molecular complexity index is 857. The molecule has 2 amide bonds. The molecule has 1 heterocycles. The van der Waals surface area contributed by atoms with Crippen LogP contribution in [0.15, 0.2) is 42.5 Å². The molecule has 5 nitrogen and oxygen atoms in total. The zero-order valence-electron chi connectivity index (χ0n) is 15.7. The number of rotatable bonds is 5. The number of ether oxygens (including phenoxy) is 1. The normalized spacial score (nSPS) is 14.8. The number of nitrogens with zero attached hydrogens (tertiary/aromatic N) is 2. The van der Waals surface area contributed by atoms with Crippen molar-refractivity contribution in [3.05, 3.63) is 64.4 Å². The Morgan fingerprint density at radius 2 is 1.89 bits per heavy atom. The molecule has 0 N–H and O–H groups in total. The second-order valence-corrected chi connectivity index (χ2v) is 7.11. The third kappa shape index (κ3) is 5.01. The first-order valence-corrected chi connectivity index (χ1v) is 9.46. The summed E-state index contributed by atoms with van der Waals surface area (Å²) in [4.78, 5) is 28.5. The van der Waals surface area contributed by atoms with Gasteiger partial charge < -0.3 is 14.5 Å². The summed E-state index contributed by atoms with van der Waals surface area (Å²) >= 11 is 6.02. The lowest BCUT2D eigenvalue weighted by Crippen LogP contribution is -2.36. The number of benzene rings is 2. The van der Waals surface area contributed by atoms with Gasteiger partial charge in [0.2, 0.25) is 11.8 Å². The van der Waals surface area contributed by atoms with E-state index < -0.39 is 5.82 Å². The molecule has 1 aliphatic rings. The minimum absolute atomic E-state index is 0.0194. The van der Waals surface area contributed by atoms with E-state index in [0.29, 0.717) is 31.7 Å². The van der Waals surface area contributed by atoms with Crippen LogP contribution in [-0.4, -0.2) is 48.4 Å². The molecule has 148 valence electrons. The summed E-state index contributed by atoms with van der Waals surface area (Å²) in [5.74, 6) is 0.233. The lowest BCUT2D eigenvalue weighted by molar-refractivity contribution is -0.130. The van der Waals surface area contributed by atoms with Gasteiger partial charge in [-0.25, -0.2) is 4.39 Å². The number of halogens is 2. The third-order valence-corrected chi connectivity index (χ3v) is 5.18. The van der Waals surface area contributed by atoms with Gasteiger partial charge >= 0.3 is 0 Å². The van der Waals surface area contributed by atoms with E-state index in [1.807, 2.05) is 24.3 Å². The van der Waals surface area contributed by atoms with Gasteiger partial charge in [-0.3, -0.25) is 9.59 Å². The Balaban J connectivity index is 1.60. The molecular weight excluding hydrogens is 383 g/mol. The summed E-state index contributed by atoms with van der Waals surface area (Å²) in [5, 5.41) is 0.236. The highest BCUT2D eigenvalue weighted by Gasteiger charge is 2.24. The smallest absolute Gasteiger partial charge is 0.227 e. The van der Waals surface area contributed by atoms with Gasteiger partial charge in [-0.15, -0.1) is 0 Å². The average molecular weight is 405 g/mol. The Kier molecular flexibility index (Phi) is 6.52. The van der Waals surface area contributed by atoms with Crippen molar-refractivity contribution in [1.82, 2.24) is 9.80 Å². The van der Waals surface area contributed by atoms with Crippen molar-refractivity contribution in [1.29, 1.82) is 0 Å². The largest absolute Gasteiger partial charge is 0.497 e. The summed E-state index contributed by atoms with van der Waals surface area (Å²) in [6, 6.07) is 11.6. The van der Waals surface area contributed by atoms with Gasteiger partial charge in [-0.2, -0.15) is 0 Å². The molecule has 0 spiro atoms. The molecule has 0 aliphatic carbocycles. The summed E-state index contributed by atoms with van der Waals surface area (Å²) in [6.07, 6.45) is 0.366. The van der Waals surface area contributed by atoms with Crippen LogP contribution in [0.3, 0.4) is 0 Å². The molecule has 3 rings (SSSR count). The fourth-order valence-electron chi connectivity index (χ4n) is 3.17. The van der Waals surface area contributed by atoms with Gasteiger partial charge in [0.1, 0.15) is 11.6 Å². The van der Waals surface area contributed by atoms with E-state index in [-0.39, 0.29) is 29.7 Å². The van der Waals surface area contributed by atoms with E-state index in [4.69, 9.17) is 16.3 Å². The Morgan fingerprint density at radius 1 is 1.14 bits per heavy atom. The molecule has 28 heavy (non-hydrogen) atoms. The van der Waals surface area contributed by atoms with E-state index in [0.717, 1.165) is 11.3 Å². The molecule has 2 aromatic carbocycles. The van der Waals surface area contributed by atoms with E-state index in [1.165, 1.54) is 18.2 Å². The number of carbonyl (C=O) groups excluding carboxylic acids is 2. The Hall–Kier alpha value is -2.60. The third-order valence-electron chi connectivity index (χ3n) is 4.83. The number of hydrogen-bond donors (Lipinski definition) is 0. The Morgan fingerprint density at radius 3 is 2.57 bits per heavy atom. The van der Waals surface area contributed by atoms with E-state index >= 15 is 0 Å². The van der Waals surface area contributed by atoms with Crippen LogP contribution in [0.5, 0.6) is 5.75 Å². The summed E-state index contributed by atoms with van der Waals surface area (Å²) in [6.45, 7) is 1.79. The van der Waals surface area contributed by atoms with Crippen LogP contribution < -0.4 is 4.74 Å². The fourth-order valence-corrected chi connectivity index (χ4v) is 3.41. The van der Waals surface area contributed by atoms with E-state index in [1.54, 1.807) is 16.9 Å². The van der Waals surface area contributed by atoms with Gasteiger partial charge in [0.05, 0.1) is 13.5 Å². The average Bonchev–Trinajstić information content (AvgIpc) is 2.87. The van der Waals surface area contributed by atoms with Crippen LogP contribution in [0.25, 0.3) is 0 Å². The van der Waals surface area contributed by atoms with Crippen LogP contribution in [0.2, 0.25) is 5.02 Å². The first-order chi connectivity index (χ1) is 13.5. The highest BCUT2D eigenvalue weighted by atomic mass is 35.5. The lowest BCUT2D eigenvalue weighted by atomic mass is 10.1. The molecule has 2 aromatic rings. The molecule has 0 unspecified atom stereocenters. The molecular formula is C21H22ClFN2O3. The molecule has 0 atom stereocenters. The maximum absolute atomic E-state index is 13.2. The number of methoxy groups -OCH3 is 1. The predicted molar refractivity (Wildman–Crippen MR) is 105 cm³/mol. The molecule has 7 heteroatoms. The second kappa shape index (κ2) is 9.06. The second-order valence-electron chi connectivity index (χ2n) is 6.71.